The molecule has 7 nitrogen and oxygen atoms in total. The molecule has 0 bridgehead atoms. The van der Waals surface area contributed by atoms with E-state index in [0.717, 1.165) is 5.56 Å². The van der Waals surface area contributed by atoms with Crippen LogP contribution in [0.15, 0.2) is 83.8 Å². The zero-order valence-electron chi connectivity index (χ0n) is 16.9. The van der Waals surface area contributed by atoms with E-state index in [-0.39, 0.29) is 18.0 Å². The highest BCUT2D eigenvalue weighted by atomic mass is 32.2. The van der Waals surface area contributed by atoms with Gasteiger partial charge in [-0.1, -0.05) is 54.6 Å². The fraction of sp³-hybridized carbons (Fsp3) is 0.174. The summed E-state index contributed by atoms with van der Waals surface area (Å²) in [5.41, 5.74) is 2.10. The molecule has 1 aliphatic heterocycles. The molecule has 160 valence electrons. The van der Waals surface area contributed by atoms with Crippen molar-refractivity contribution in [1.82, 2.24) is 4.31 Å². The fourth-order valence-corrected chi connectivity index (χ4v) is 5.14. The first kappa shape index (κ1) is 20.9. The largest absolute Gasteiger partial charge is 0.482 e. The highest BCUT2D eigenvalue weighted by Gasteiger charge is 2.38. The lowest BCUT2D eigenvalue weighted by atomic mass is 10.1. The number of carbonyl (C=O) groups excluding carboxylic acids is 1. The van der Waals surface area contributed by atoms with Crippen molar-refractivity contribution >= 4 is 21.7 Å². The van der Waals surface area contributed by atoms with Crippen LogP contribution < -0.4 is 10.1 Å². The smallest absolute Gasteiger partial charge is 0.343 e. The van der Waals surface area contributed by atoms with E-state index in [1.165, 1.54) is 11.4 Å². The number of fused-ring (bicyclic) bond motifs is 1. The molecular formula is C23H22N2O5S. The zero-order chi connectivity index (χ0) is 21.8. The lowest BCUT2D eigenvalue weighted by Gasteiger charge is -2.37. The topological polar surface area (TPSA) is 84.9 Å². The van der Waals surface area contributed by atoms with Crippen LogP contribution in [0.5, 0.6) is 5.75 Å². The van der Waals surface area contributed by atoms with Gasteiger partial charge in [0.05, 0.1) is 12.8 Å². The van der Waals surface area contributed by atoms with E-state index in [1.54, 1.807) is 42.5 Å². The second-order valence-electron chi connectivity index (χ2n) is 7.02. The minimum Gasteiger partial charge on any atom is -0.482 e. The number of methoxy groups -OCH3 is 1. The van der Waals surface area contributed by atoms with Gasteiger partial charge in [-0.3, -0.25) is 0 Å². The maximum Gasteiger partial charge on any atom is 0.343 e. The summed E-state index contributed by atoms with van der Waals surface area (Å²) in [7, 11) is -2.48. The molecule has 3 aromatic rings. The van der Waals surface area contributed by atoms with Gasteiger partial charge in [-0.2, -0.15) is 4.31 Å². The molecule has 4 rings (SSSR count). The van der Waals surface area contributed by atoms with Gasteiger partial charge in [0.15, 0.2) is 6.61 Å². The van der Waals surface area contributed by atoms with E-state index < -0.39 is 22.2 Å². The van der Waals surface area contributed by atoms with Gasteiger partial charge in [0.25, 0.3) is 0 Å². The van der Waals surface area contributed by atoms with Gasteiger partial charge in [0.1, 0.15) is 16.8 Å². The minimum atomic E-state index is -3.76. The third kappa shape index (κ3) is 4.40. The third-order valence-electron chi connectivity index (χ3n) is 4.99. The molecule has 0 fully saturated rings. The molecule has 0 amide bonds. The Morgan fingerprint density at radius 2 is 1.74 bits per heavy atom. The van der Waals surface area contributed by atoms with Crippen molar-refractivity contribution in [2.75, 3.05) is 19.0 Å². The summed E-state index contributed by atoms with van der Waals surface area (Å²) in [6.45, 7) is -0.0324. The average Bonchev–Trinajstić information content (AvgIpc) is 2.80. The average molecular weight is 439 g/mol. The second kappa shape index (κ2) is 8.79. The number of benzene rings is 3. The molecule has 3 aromatic carbocycles. The number of nitrogens with zero attached hydrogens (tertiary/aromatic N) is 1. The predicted molar refractivity (Wildman–Crippen MR) is 116 cm³/mol. The monoisotopic (exact) mass is 438 g/mol. The number of anilines is 1. The summed E-state index contributed by atoms with van der Waals surface area (Å²) in [4.78, 5) is 11.6. The summed E-state index contributed by atoms with van der Waals surface area (Å²) in [5, 5.41) is 3.34. The highest BCUT2D eigenvalue weighted by molar-refractivity contribution is 7.89. The van der Waals surface area contributed by atoms with Gasteiger partial charge in [0.2, 0.25) is 10.0 Å². The number of rotatable bonds is 6. The van der Waals surface area contributed by atoms with Crippen molar-refractivity contribution in [1.29, 1.82) is 0 Å². The highest BCUT2D eigenvalue weighted by Crippen LogP contribution is 2.39. The number of carbonyl (C=O) groups is 1. The van der Waals surface area contributed by atoms with E-state index in [9.17, 15) is 13.2 Å². The Kier molecular flexibility index (Phi) is 5.92. The van der Waals surface area contributed by atoms with Crippen LogP contribution in [0.1, 0.15) is 17.3 Å². The summed E-state index contributed by atoms with van der Waals surface area (Å²) >= 11 is 0. The van der Waals surface area contributed by atoms with Gasteiger partial charge in [-0.05, 0) is 35.4 Å². The molecule has 8 heteroatoms. The summed E-state index contributed by atoms with van der Waals surface area (Å²) < 4.78 is 38.6. The molecule has 0 aliphatic carbocycles. The van der Waals surface area contributed by atoms with Gasteiger partial charge in [0, 0.05) is 6.54 Å². The normalized spacial score (nSPS) is 17.3. The van der Waals surface area contributed by atoms with E-state index >= 15 is 0 Å². The predicted octanol–water partition coefficient (Wildman–Crippen LogP) is 3.55. The van der Waals surface area contributed by atoms with Crippen LogP contribution in [0.2, 0.25) is 0 Å². The van der Waals surface area contributed by atoms with Crippen LogP contribution in [0, 0.1) is 0 Å². The van der Waals surface area contributed by atoms with Crippen molar-refractivity contribution in [2.45, 2.75) is 17.6 Å². The molecule has 0 saturated carbocycles. The fourth-order valence-electron chi connectivity index (χ4n) is 3.46. The third-order valence-corrected chi connectivity index (χ3v) is 6.86. The Morgan fingerprint density at radius 1 is 1.00 bits per heavy atom. The Morgan fingerprint density at radius 3 is 2.52 bits per heavy atom. The summed E-state index contributed by atoms with van der Waals surface area (Å²) in [5.74, 6) is -0.0518. The first-order chi connectivity index (χ1) is 15.0. The molecule has 1 atom stereocenters. The Labute approximate surface area is 181 Å². The van der Waals surface area contributed by atoms with E-state index in [1.807, 2.05) is 36.4 Å². The molecule has 0 radical (unpaired) electrons. The van der Waals surface area contributed by atoms with Gasteiger partial charge < -0.3 is 14.8 Å². The van der Waals surface area contributed by atoms with Crippen LogP contribution in [0.4, 0.5) is 5.69 Å². The van der Waals surface area contributed by atoms with Gasteiger partial charge >= 0.3 is 5.97 Å². The number of nitrogens with one attached hydrogen (secondary N) is 1. The summed E-state index contributed by atoms with van der Waals surface area (Å²) in [6, 6.07) is 23.3. The Hall–Kier alpha value is -3.36. The maximum atomic E-state index is 13.5. The van der Waals surface area contributed by atoms with Crippen molar-refractivity contribution < 1.29 is 22.7 Å². The lowest BCUT2D eigenvalue weighted by molar-refractivity contribution is -0.142. The minimum absolute atomic E-state index is 0.197. The molecule has 0 aromatic heterocycles. The van der Waals surface area contributed by atoms with Crippen LogP contribution in [0.3, 0.4) is 0 Å². The van der Waals surface area contributed by atoms with Crippen LogP contribution in [-0.2, 0) is 26.1 Å². The van der Waals surface area contributed by atoms with E-state index in [0.29, 0.717) is 17.0 Å². The molecule has 1 N–H and O–H groups in total. The number of para-hydroxylation sites is 1. The van der Waals surface area contributed by atoms with Crippen LogP contribution in [-0.4, -0.2) is 32.4 Å². The van der Waals surface area contributed by atoms with Crippen molar-refractivity contribution in [3.63, 3.8) is 0 Å². The van der Waals surface area contributed by atoms with Crippen molar-refractivity contribution in [2.24, 2.45) is 0 Å². The number of ether oxygens (including phenoxy) is 2. The molecule has 31 heavy (non-hydrogen) atoms. The number of sulfonamides is 1. The number of hydrogen-bond donors (Lipinski definition) is 1. The molecule has 0 spiro atoms. The van der Waals surface area contributed by atoms with Crippen LogP contribution in [0.25, 0.3) is 0 Å². The second-order valence-corrected chi connectivity index (χ2v) is 8.88. The van der Waals surface area contributed by atoms with E-state index in [4.69, 9.17) is 4.74 Å². The first-order valence-corrected chi connectivity index (χ1v) is 11.1. The van der Waals surface area contributed by atoms with Crippen molar-refractivity contribution in [3.8, 4) is 5.75 Å². The standard InChI is InChI=1S/C23H22N2O5S/c1-29-22(26)16-30-19-11-7-10-18(14-19)23-24-20-12-5-6-13-21(20)31(27,28)25(23)15-17-8-3-2-4-9-17/h2-14,23-24H,15-16H2,1H3. The molecule has 0 saturated heterocycles. The van der Waals surface area contributed by atoms with Crippen LogP contribution >= 0.6 is 0 Å². The Bertz CT molecular complexity index is 1180. The Balaban J connectivity index is 1.73. The molecule has 1 unspecified atom stereocenters. The number of esters is 1. The molecule has 1 aliphatic rings. The maximum absolute atomic E-state index is 13.5. The molecular weight excluding hydrogens is 416 g/mol. The molecule has 1 heterocycles. The first-order valence-electron chi connectivity index (χ1n) is 9.70. The zero-order valence-corrected chi connectivity index (χ0v) is 17.7. The SMILES string of the molecule is COC(=O)COc1cccc(C2Nc3ccccc3S(=O)(=O)N2Cc2ccccc2)c1. The quantitative estimate of drug-likeness (QED) is 0.593. The number of hydrogen-bond acceptors (Lipinski definition) is 6. The van der Waals surface area contributed by atoms with Crippen molar-refractivity contribution in [3.05, 3.63) is 90.0 Å². The summed E-state index contributed by atoms with van der Waals surface area (Å²) in [6.07, 6.45) is -0.651. The van der Waals surface area contributed by atoms with Gasteiger partial charge in [-0.15, -0.1) is 0 Å². The lowest BCUT2D eigenvalue weighted by Crippen LogP contribution is -2.42. The van der Waals surface area contributed by atoms with Gasteiger partial charge in [-0.25, -0.2) is 13.2 Å². The van der Waals surface area contributed by atoms with E-state index in [2.05, 4.69) is 10.1 Å².